The summed E-state index contributed by atoms with van der Waals surface area (Å²) in [4.78, 5) is 33.5. The summed E-state index contributed by atoms with van der Waals surface area (Å²) in [5.74, 6) is 0.642. The number of ether oxygens (including phenoxy) is 1. The summed E-state index contributed by atoms with van der Waals surface area (Å²) in [5.41, 5.74) is 2.67. The second-order valence-electron chi connectivity index (χ2n) is 7.07. The Morgan fingerprint density at radius 2 is 1.96 bits per heavy atom. The first-order chi connectivity index (χ1) is 11.9. The number of aldehydes is 1. The van der Waals surface area contributed by atoms with Gasteiger partial charge in [-0.3, -0.25) is 14.7 Å². The van der Waals surface area contributed by atoms with Crippen molar-refractivity contribution in [2.75, 3.05) is 11.4 Å². The van der Waals surface area contributed by atoms with Gasteiger partial charge in [0.05, 0.1) is 0 Å². The highest BCUT2D eigenvalue weighted by molar-refractivity contribution is 5.88. The summed E-state index contributed by atoms with van der Waals surface area (Å²) in [7, 11) is 0. The second kappa shape index (κ2) is 6.63. The van der Waals surface area contributed by atoms with Gasteiger partial charge in [0.2, 0.25) is 0 Å². The molecule has 3 rings (SSSR count). The van der Waals surface area contributed by atoms with Crippen molar-refractivity contribution in [3.63, 3.8) is 0 Å². The van der Waals surface area contributed by atoms with E-state index in [1.807, 2.05) is 26.8 Å². The molecule has 0 aromatic carbocycles. The monoisotopic (exact) mass is 339 g/mol. The molecule has 0 saturated carbocycles. The molecule has 0 atom stereocenters. The van der Waals surface area contributed by atoms with Crippen LogP contribution in [0.3, 0.4) is 0 Å². The van der Waals surface area contributed by atoms with Crippen LogP contribution in [0.4, 0.5) is 10.6 Å². The van der Waals surface area contributed by atoms with Crippen LogP contribution in [0, 0.1) is 0 Å². The number of carbonyl (C=O) groups excluding carboxylic acids is 2. The predicted molar refractivity (Wildman–Crippen MR) is 94.8 cm³/mol. The molecule has 0 saturated heterocycles. The second-order valence-corrected chi connectivity index (χ2v) is 7.07. The van der Waals surface area contributed by atoms with Gasteiger partial charge in [-0.1, -0.05) is 0 Å². The van der Waals surface area contributed by atoms with Gasteiger partial charge in [-0.15, -0.1) is 0 Å². The number of pyridine rings is 2. The molecule has 0 radical (unpaired) electrons. The Labute approximate surface area is 146 Å². The van der Waals surface area contributed by atoms with E-state index in [4.69, 9.17) is 4.74 Å². The van der Waals surface area contributed by atoms with Crippen LogP contribution in [-0.4, -0.2) is 34.5 Å². The van der Waals surface area contributed by atoms with Crippen molar-refractivity contribution >= 4 is 18.2 Å². The molecule has 25 heavy (non-hydrogen) atoms. The molecule has 6 heteroatoms. The molecule has 2 aromatic heterocycles. The van der Waals surface area contributed by atoms with Crippen LogP contribution in [0.25, 0.3) is 11.1 Å². The fraction of sp³-hybridized carbons (Fsp3) is 0.368. The molecule has 0 fully saturated rings. The summed E-state index contributed by atoms with van der Waals surface area (Å²) < 4.78 is 5.48. The van der Waals surface area contributed by atoms with Gasteiger partial charge >= 0.3 is 6.09 Å². The van der Waals surface area contributed by atoms with Crippen LogP contribution in [-0.2, 0) is 11.2 Å². The molecule has 6 nitrogen and oxygen atoms in total. The Morgan fingerprint density at radius 3 is 2.68 bits per heavy atom. The van der Waals surface area contributed by atoms with E-state index in [-0.39, 0.29) is 6.09 Å². The van der Waals surface area contributed by atoms with Crippen molar-refractivity contribution in [3.05, 3.63) is 41.9 Å². The van der Waals surface area contributed by atoms with Gasteiger partial charge in [-0.25, -0.2) is 9.78 Å². The smallest absolute Gasteiger partial charge is 0.416 e. The van der Waals surface area contributed by atoms with Crippen molar-refractivity contribution in [1.82, 2.24) is 9.97 Å². The number of amides is 1. The molecule has 1 amide bonds. The van der Waals surface area contributed by atoms with E-state index in [9.17, 15) is 9.59 Å². The van der Waals surface area contributed by atoms with Gasteiger partial charge in [0.1, 0.15) is 11.4 Å². The zero-order valence-corrected chi connectivity index (χ0v) is 14.7. The van der Waals surface area contributed by atoms with Gasteiger partial charge in [-0.05, 0) is 51.3 Å². The first kappa shape index (κ1) is 17.1. The number of aryl methyl sites for hydroxylation is 1. The Bertz CT molecular complexity index is 812. The lowest BCUT2D eigenvalue weighted by atomic mass is 10.0. The topological polar surface area (TPSA) is 72.4 Å². The minimum atomic E-state index is -0.546. The molecule has 2 aromatic rings. The third-order valence-corrected chi connectivity index (χ3v) is 3.87. The molecule has 1 aliphatic rings. The Kier molecular flexibility index (Phi) is 4.53. The van der Waals surface area contributed by atoms with Gasteiger partial charge in [0.15, 0.2) is 6.29 Å². The minimum Gasteiger partial charge on any atom is -0.443 e. The maximum absolute atomic E-state index is 12.4. The minimum absolute atomic E-state index is 0.377. The number of fused-ring (bicyclic) bond motifs is 1. The maximum Gasteiger partial charge on any atom is 0.416 e. The van der Waals surface area contributed by atoms with Crippen LogP contribution < -0.4 is 4.90 Å². The van der Waals surface area contributed by atoms with Crippen LogP contribution in [0.1, 0.15) is 43.1 Å². The van der Waals surface area contributed by atoms with E-state index in [1.165, 1.54) is 6.20 Å². The number of hydrogen-bond acceptors (Lipinski definition) is 5. The average molecular weight is 339 g/mol. The fourth-order valence-corrected chi connectivity index (χ4v) is 2.80. The highest BCUT2D eigenvalue weighted by Crippen LogP contribution is 2.30. The first-order valence-corrected chi connectivity index (χ1v) is 8.27. The fourth-order valence-electron chi connectivity index (χ4n) is 2.80. The highest BCUT2D eigenvalue weighted by atomic mass is 16.6. The predicted octanol–water partition coefficient (Wildman–Crippen LogP) is 3.64. The van der Waals surface area contributed by atoms with Crippen LogP contribution in [0.5, 0.6) is 0 Å². The summed E-state index contributed by atoms with van der Waals surface area (Å²) in [6.07, 6.45) is 7.01. The number of aromatic nitrogens is 2. The molecule has 3 heterocycles. The zero-order valence-electron chi connectivity index (χ0n) is 14.7. The molecule has 0 spiro atoms. The lowest BCUT2D eigenvalue weighted by Crippen LogP contribution is -2.40. The number of nitrogens with zero attached hydrogens (tertiary/aromatic N) is 3. The maximum atomic E-state index is 12.4. The molecule has 0 bridgehead atoms. The van der Waals surface area contributed by atoms with Gasteiger partial charge in [0.25, 0.3) is 0 Å². The van der Waals surface area contributed by atoms with E-state index < -0.39 is 5.60 Å². The lowest BCUT2D eigenvalue weighted by Gasteiger charge is -2.30. The van der Waals surface area contributed by atoms with Crippen LogP contribution in [0.15, 0.2) is 30.7 Å². The Hall–Kier alpha value is -2.76. The van der Waals surface area contributed by atoms with E-state index in [0.29, 0.717) is 17.9 Å². The van der Waals surface area contributed by atoms with Crippen LogP contribution >= 0.6 is 0 Å². The molecule has 0 unspecified atom stereocenters. The standard InChI is InChI=1S/C19H21N3O3/c1-19(2,3)25-18(24)22-6-4-5-14-8-16(11-21-17(14)22)15-7-13(12-23)9-20-10-15/h7-12H,4-6H2,1-3H3. The molecule has 1 aliphatic heterocycles. The molecular weight excluding hydrogens is 318 g/mol. The van der Waals surface area contributed by atoms with E-state index >= 15 is 0 Å². The van der Waals surface area contributed by atoms with Crippen molar-refractivity contribution in [3.8, 4) is 11.1 Å². The Balaban J connectivity index is 1.92. The summed E-state index contributed by atoms with van der Waals surface area (Å²) in [6.45, 7) is 6.13. The lowest BCUT2D eigenvalue weighted by molar-refractivity contribution is 0.0576. The number of anilines is 1. The number of rotatable bonds is 2. The number of hydrogen-bond donors (Lipinski definition) is 0. The van der Waals surface area contributed by atoms with Crippen molar-refractivity contribution in [1.29, 1.82) is 0 Å². The third-order valence-electron chi connectivity index (χ3n) is 3.87. The summed E-state index contributed by atoms with van der Waals surface area (Å²) in [5, 5.41) is 0. The molecule has 130 valence electrons. The van der Waals surface area contributed by atoms with E-state index in [0.717, 1.165) is 35.8 Å². The Morgan fingerprint density at radius 1 is 1.20 bits per heavy atom. The summed E-state index contributed by atoms with van der Waals surface area (Å²) >= 11 is 0. The largest absolute Gasteiger partial charge is 0.443 e. The van der Waals surface area contributed by atoms with Gasteiger partial charge in [0, 0.05) is 41.8 Å². The van der Waals surface area contributed by atoms with Crippen molar-refractivity contribution in [2.45, 2.75) is 39.2 Å². The average Bonchev–Trinajstić information content (AvgIpc) is 2.59. The normalized spacial score (nSPS) is 14.0. The van der Waals surface area contributed by atoms with E-state index in [2.05, 4.69) is 9.97 Å². The molecular formula is C19H21N3O3. The van der Waals surface area contributed by atoms with E-state index in [1.54, 1.807) is 23.4 Å². The first-order valence-electron chi connectivity index (χ1n) is 8.27. The number of carbonyl (C=O) groups is 2. The van der Waals surface area contributed by atoms with Gasteiger partial charge in [-0.2, -0.15) is 0 Å². The quantitative estimate of drug-likeness (QED) is 0.781. The summed E-state index contributed by atoms with van der Waals surface area (Å²) in [6, 6.07) is 3.78. The van der Waals surface area contributed by atoms with Crippen LogP contribution in [0.2, 0.25) is 0 Å². The van der Waals surface area contributed by atoms with Crippen molar-refractivity contribution < 1.29 is 14.3 Å². The third kappa shape index (κ3) is 3.84. The molecule has 0 N–H and O–H groups in total. The SMILES string of the molecule is CC(C)(C)OC(=O)N1CCCc2cc(-c3cncc(C=O)c3)cnc21. The highest BCUT2D eigenvalue weighted by Gasteiger charge is 2.28. The molecule has 0 aliphatic carbocycles. The van der Waals surface area contributed by atoms with Crippen molar-refractivity contribution in [2.24, 2.45) is 0 Å². The van der Waals surface area contributed by atoms with Gasteiger partial charge < -0.3 is 4.74 Å². The zero-order chi connectivity index (χ0) is 18.0.